The molecule has 2 rings (SSSR count). The van der Waals surface area contributed by atoms with Crippen molar-refractivity contribution in [2.45, 2.75) is 19.4 Å². The molecule has 0 saturated carbocycles. The number of hydrogen-bond donors (Lipinski definition) is 2. The number of nitrogens with one attached hydrogen (secondary N) is 1. The fourth-order valence-electron chi connectivity index (χ4n) is 2.62. The molecule has 1 atom stereocenters. The number of aromatic carboxylic acids is 1. The Labute approximate surface area is 159 Å². The summed E-state index contributed by atoms with van der Waals surface area (Å²) in [6.45, 7) is 1.86. The van der Waals surface area contributed by atoms with Gasteiger partial charge in [0.2, 0.25) is 0 Å². The van der Waals surface area contributed by atoms with Crippen LogP contribution in [0.2, 0.25) is 0 Å². The van der Waals surface area contributed by atoms with Gasteiger partial charge in [0.05, 0.1) is 30.7 Å². The molecule has 0 unspecified atom stereocenters. The second-order valence-electron chi connectivity index (χ2n) is 5.66. The van der Waals surface area contributed by atoms with E-state index >= 15 is 0 Å². The van der Waals surface area contributed by atoms with Crippen molar-refractivity contribution in [2.24, 2.45) is 0 Å². The smallest absolute Gasteiger partial charge is 0.336 e. The van der Waals surface area contributed by atoms with Crippen molar-refractivity contribution in [2.75, 3.05) is 7.11 Å². The molecule has 2 N–H and O–H groups in total. The van der Waals surface area contributed by atoms with Crippen LogP contribution in [0.15, 0.2) is 46.9 Å². The van der Waals surface area contributed by atoms with E-state index in [-0.39, 0.29) is 17.5 Å². The van der Waals surface area contributed by atoms with Gasteiger partial charge in [-0.3, -0.25) is 9.59 Å². The fraction of sp³-hybridized carbons (Fsp3) is 0.211. The van der Waals surface area contributed by atoms with E-state index in [2.05, 4.69) is 21.2 Å². The first-order chi connectivity index (χ1) is 12.3. The molecule has 0 radical (unpaired) electrons. The lowest BCUT2D eigenvalue weighted by Gasteiger charge is -2.21. The molecule has 136 valence electrons. The summed E-state index contributed by atoms with van der Waals surface area (Å²) in [6, 6.07) is 10.8. The number of hydrogen-bond acceptors (Lipinski definition) is 4. The van der Waals surface area contributed by atoms with Crippen LogP contribution in [-0.2, 0) is 9.53 Å². The molecule has 0 saturated heterocycles. The van der Waals surface area contributed by atoms with Crippen LogP contribution in [0.1, 0.15) is 44.3 Å². The van der Waals surface area contributed by atoms with Crippen molar-refractivity contribution in [3.05, 3.63) is 69.2 Å². The molecular weight excluding hydrogens is 402 g/mol. The van der Waals surface area contributed by atoms with Gasteiger partial charge in [-0.05, 0) is 42.3 Å². The Hall–Kier alpha value is -2.67. The van der Waals surface area contributed by atoms with Gasteiger partial charge in [-0.15, -0.1) is 0 Å². The molecule has 26 heavy (non-hydrogen) atoms. The Morgan fingerprint density at radius 2 is 1.81 bits per heavy atom. The maximum Gasteiger partial charge on any atom is 0.336 e. The van der Waals surface area contributed by atoms with E-state index in [0.29, 0.717) is 0 Å². The van der Waals surface area contributed by atoms with Crippen molar-refractivity contribution < 1.29 is 24.2 Å². The fourth-order valence-corrected chi connectivity index (χ4v) is 3.10. The number of benzene rings is 2. The summed E-state index contributed by atoms with van der Waals surface area (Å²) in [5.74, 6) is -2.25. The van der Waals surface area contributed by atoms with Crippen LogP contribution < -0.4 is 5.32 Å². The highest BCUT2D eigenvalue weighted by molar-refractivity contribution is 9.10. The normalized spacial score (nSPS) is 11.5. The number of amides is 1. The Kier molecular flexibility index (Phi) is 6.52. The highest BCUT2D eigenvalue weighted by atomic mass is 79.9. The topological polar surface area (TPSA) is 92.7 Å². The number of carboxylic acids is 1. The minimum atomic E-state index is -1.19. The van der Waals surface area contributed by atoms with E-state index in [4.69, 9.17) is 4.74 Å². The van der Waals surface area contributed by atoms with Crippen LogP contribution >= 0.6 is 15.9 Å². The quantitative estimate of drug-likeness (QED) is 0.698. The van der Waals surface area contributed by atoms with Crippen LogP contribution in [-0.4, -0.2) is 30.1 Å². The highest BCUT2D eigenvalue weighted by Gasteiger charge is 2.23. The Morgan fingerprint density at radius 3 is 2.38 bits per heavy atom. The number of carbonyl (C=O) groups excluding carboxylic acids is 2. The van der Waals surface area contributed by atoms with Crippen LogP contribution in [0.5, 0.6) is 0 Å². The lowest BCUT2D eigenvalue weighted by Crippen LogP contribution is -2.32. The zero-order valence-electron chi connectivity index (χ0n) is 14.3. The SMILES string of the molecule is COC(=O)C[C@H](NC(=O)c1ccccc1C(=O)O)c1ccc(Br)cc1C. The van der Waals surface area contributed by atoms with Crippen molar-refractivity contribution in [1.29, 1.82) is 0 Å². The number of ether oxygens (including phenoxy) is 1. The monoisotopic (exact) mass is 419 g/mol. The summed E-state index contributed by atoms with van der Waals surface area (Å²) >= 11 is 3.38. The van der Waals surface area contributed by atoms with Crippen molar-refractivity contribution in [1.82, 2.24) is 5.32 Å². The molecule has 0 aliphatic carbocycles. The number of methoxy groups -OCH3 is 1. The Morgan fingerprint density at radius 1 is 1.15 bits per heavy atom. The number of halogens is 1. The number of carboxylic acid groups (broad SMARTS) is 1. The molecule has 0 aromatic heterocycles. The summed E-state index contributed by atoms with van der Waals surface area (Å²) in [5, 5.41) is 12.0. The zero-order chi connectivity index (χ0) is 19.3. The molecule has 7 heteroatoms. The average molecular weight is 420 g/mol. The number of carbonyl (C=O) groups is 3. The second-order valence-corrected chi connectivity index (χ2v) is 6.57. The van der Waals surface area contributed by atoms with E-state index in [9.17, 15) is 19.5 Å². The van der Waals surface area contributed by atoms with Gasteiger partial charge >= 0.3 is 11.9 Å². The first-order valence-electron chi connectivity index (χ1n) is 7.79. The van der Waals surface area contributed by atoms with Crippen molar-refractivity contribution in [3.63, 3.8) is 0 Å². The van der Waals surface area contributed by atoms with Crippen molar-refractivity contribution in [3.8, 4) is 0 Å². The molecule has 0 aliphatic rings. The van der Waals surface area contributed by atoms with Crippen molar-refractivity contribution >= 4 is 33.8 Å². The Bertz CT molecular complexity index is 850. The minimum absolute atomic E-state index is 0.0321. The maximum absolute atomic E-state index is 12.7. The van der Waals surface area contributed by atoms with E-state index in [0.717, 1.165) is 15.6 Å². The lowest BCUT2D eigenvalue weighted by molar-refractivity contribution is -0.141. The van der Waals surface area contributed by atoms with E-state index < -0.39 is 23.9 Å². The van der Waals surface area contributed by atoms with E-state index in [1.165, 1.54) is 19.2 Å². The van der Waals surface area contributed by atoms with Crippen LogP contribution in [0.3, 0.4) is 0 Å². The van der Waals surface area contributed by atoms with Gasteiger partial charge in [0, 0.05) is 4.47 Å². The number of aryl methyl sites for hydroxylation is 1. The van der Waals surface area contributed by atoms with Crippen LogP contribution in [0.4, 0.5) is 0 Å². The number of rotatable bonds is 6. The summed E-state index contributed by atoms with van der Waals surface area (Å²) < 4.78 is 5.59. The first-order valence-corrected chi connectivity index (χ1v) is 8.58. The standard InChI is InChI=1S/C19H18BrNO5/c1-11-9-12(20)7-8-13(11)16(10-17(22)26-2)21-18(23)14-5-3-4-6-15(14)19(24)25/h3-9,16H,10H2,1-2H3,(H,21,23)(H,24,25)/t16-/m0/s1. The predicted octanol–water partition coefficient (Wildman–Crippen LogP) is 3.49. The molecule has 0 heterocycles. The molecule has 6 nitrogen and oxygen atoms in total. The van der Waals surface area contributed by atoms with Gasteiger partial charge in [-0.2, -0.15) is 0 Å². The average Bonchev–Trinajstić information content (AvgIpc) is 2.61. The van der Waals surface area contributed by atoms with E-state index in [1.807, 2.05) is 19.1 Å². The molecule has 0 aliphatic heterocycles. The highest BCUT2D eigenvalue weighted by Crippen LogP contribution is 2.25. The molecule has 0 fully saturated rings. The van der Waals surface area contributed by atoms with Crippen LogP contribution in [0.25, 0.3) is 0 Å². The van der Waals surface area contributed by atoms with Gasteiger partial charge < -0.3 is 15.2 Å². The first kappa shape index (κ1) is 19.7. The van der Waals surface area contributed by atoms with Gasteiger partial charge in [0.1, 0.15) is 0 Å². The molecule has 0 spiro atoms. The third kappa shape index (κ3) is 4.70. The molecule has 1 amide bonds. The largest absolute Gasteiger partial charge is 0.478 e. The zero-order valence-corrected chi connectivity index (χ0v) is 15.9. The molecule has 0 bridgehead atoms. The second kappa shape index (κ2) is 8.62. The third-order valence-corrected chi connectivity index (χ3v) is 4.41. The summed E-state index contributed by atoms with van der Waals surface area (Å²) in [5.41, 5.74) is 1.55. The number of esters is 1. The van der Waals surface area contributed by atoms with Gasteiger partial charge in [0.15, 0.2) is 0 Å². The van der Waals surface area contributed by atoms with E-state index in [1.54, 1.807) is 18.2 Å². The Balaban J connectivity index is 2.36. The minimum Gasteiger partial charge on any atom is -0.478 e. The van der Waals surface area contributed by atoms with Crippen LogP contribution in [0, 0.1) is 6.92 Å². The third-order valence-electron chi connectivity index (χ3n) is 3.91. The summed E-state index contributed by atoms with van der Waals surface area (Å²) in [6.07, 6.45) is -0.0695. The lowest BCUT2D eigenvalue weighted by atomic mass is 9.98. The van der Waals surface area contributed by atoms with Gasteiger partial charge in [0.25, 0.3) is 5.91 Å². The predicted molar refractivity (Wildman–Crippen MR) is 99.1 cm³/mol. The molecular formula is C19H18BrNO5. The molecule has 2 aromatic carbocycles. The van der Waals surface area contributed by atoms with Gasteiger partial charge in [-0.1, -0.05) is 34.1 Å². The maximum atomic E-state index is 12.7. The molecule has 2 aromatic rings. The van der Waals surface area contributed by atoms with Gasteiger partial charge in [-0.25, -0.2) is 4.79 Å². The summed E-state index contributed by atoms with van der Waals surface area (Å²) in [4.78, 5) is 35.8. The summed E-state index contributed by atoms with van der Waals surface area (Å²) in [7, 11) is 1.27.